The third-order valence-corrected chi connectivity index (χ3v) is 9.57. The number of terminal acetylenes is 1. The summed E-state index contributed by atoms with van der Waals surface area (Å²) in [5.41, 5.74) is 2.53. The van der Waals surface area contributed by atoms with Crippen LogP contribution in [-0.4, -0.2) is 46.5 Å². The van der Waals surface area contributed by atoms with Crippen LogP contribution >= 0.6 is 0 Å². The van der Waals surface area contributed by atoms with Gasteiger partial charge in [-0.3, -0.25) is 4.79 Å². The number of benzene rings is 2. The zero-order valence-electron chi connectivity index (χ0n) is 23.8. The predicted octanol–water partition coefficient (Wildman–Crippen LogP) is 5.28. The first kappa shape index (κ1) is 26.9. The Balaban J connectivity index is 1.51. The molecule has 0 aliphatic heterocycles. The third kappa shape index (κ3) is 4.09. The zero-order valence-corrected chi connectivity index (χ0v) is 23.8. The molecule has 0 spiro atoms. The van der Waals surface area contributed by atoms with Crippen LogP contribution in [0.4, 0.5) is 0 Å². The van der Waals surface area contributed by atoms with Crippen LogP contribution in [0.2, 0.25) is 0 Å². The van der Waals surface area contributed by atoms with Crippen molar-refractivity contribution in [3.05, 3.63) is 59.3 Å². The fourth-order valence-electron chi connectivity index (χ4n) is 7.88. The number of carbonyl (C=O) groups is 2. The minimum absolute atomic E-state index is 0.0487. The van der Waals surface area contributed by atoms with E-state index in [0.29, 0.717) is 34.6 Å². The molecule has 3 aromatic rings. The number of rotatable bonds is 8. The molecular weight excluding hydrogens is 518 g/mol. The Morgan fingerprint density at radius 1 is 1.10 bits per heavy atom. The molecule has 1 amide bonds. The Labute approximate surface area is 240 Å². The lowest BCUT2D eigenvalue weighted by Crippen LogP contribution is -2.62. The SMILES string of the molecule is C#Cc1ccc(-n2nc(C(=O)NC3(C(=O)O)C4CC5CC(C4)C3C5)cc2-c2c(OC)cccc2OC)c(C(C)C)c1. The van der Waals surface area contributed by atoms with Gasteiger partial charge in [0.25, 0.3) is 5.91 Å². The molecule has 5 unspecified atom stereocenters. The minimum atomic E-state index is -1.27. The number of methoxy groups -OCH3 is 2. The molecule has 2 N–H and O–H groups in total. The number of aliphatic carboxylic acids is 1. The van der Waals surface area contributed by atoms with E-state index in [4.69, 9.17) is 21.0 Å². The molecule has 8 nitrogen and oxygen atoms in total. The van der Waals surface area contributed by atoms with Crippen molar-refractivity contribution >= 4 is 11.9 Å². The highest BCUT2D eigenvalue weighted by atomic mass is 16.5. The standard InChI is InChI=1S/C33H35N3O5/c1-6-19-10-11-26(23(14-19)18(2)3)36-27(30-28(40-4)8-7-9-29(30)41-5)17-25(35-36)31(37)34-33(32(38)39)22-13-20-12-21(16-22)24(33)15-20/h1,7-11,14,17-18,20-22,24H,12-13,15-16H2,2-5H3,(H,34,37)(H,38,39). The van der Waals surface area contributed by atoms with E-state index in [1.54, 1.807) is 25.0 Å². The lowest BCUT2D eigenvalue weighted by Gasteiger charge is -2.41. The van der Waals surface area contributed by atoms with Gasteiger partial charge in [0, 0.05) is 5.56 Å². The predicted molar refractivity (Wildman–Crippen MR) is 154 cm³/mol. The molecule has 7 rings (SSSR count). The zero-order chi connectivity index (χ0) is 29.1. The molecule has 1 aromatic heterocycles. The smallest absolute Gasteiger partial charge is 0.330 e. The molecule has 41 heavy (non-hydrogen) atoms. The highest BCUT2D eigenvalue weighted by Gasteiger charge is 2.67. The molecule has 0 saturated heterocycles. The van der Waals surface area contributed by atoms with E-state index in [9.17, 15) is 14.7 Å². The highest BCUT2D eigenvalue weighted by molar-refractivity contribution is 5.98. The van der Waals surface area contributed by atoms with E-state index >= 15 is 0 Å². The summed E-state index contributed by atoms with van der Waals surface area (Å²) in [5.74, 6) is 3.27. The Morgan fingerprint density at radius 3 is 2.44 bits per heavy atom. The van der Waals surface area contributed by atoms with Crippen LogP contribution in [0.15, 0.2) is 42.5 Å². The van der Waals surface area contributed by atoms with Gasteiger partial charge in [-0.2, -0.15) is 5.10 Å². The van der Waals surface area contributed by atoms with E-state index in [1.165, 1.54) is 0 Å². The maximum absolute atomic E-state index is 14.0. The second-order valence-corrected chi connectivity index (χ2v) is 11.9. The van der Waals surface area contributed by atoms with E-state index in [1.807, 2.05) is 36.4 Å². The lowest BCUT2D eigenvalue weighted by molar-refractivity contribution is -0.149. The molecule has 5 atom stereocenters. The number of carboxylic acids is 1. The second-order valence-electron chi connectivity index (χ2n) is 11.9. The first-order chi connectivity index (χ1) is 19.7. The van der Waals surface area contributed by atoms with Crippen LogP contribution in [0.5, 0.6) is 11.5 Å². The topological polar surface area (TPSA) is 103 Å². The number of nitrogens with one attached hydrogen (secondary N) is 1. The van der Waals surface area contributed by atoms with Crippen molar-refractivity contribution in [1.29, 1.82) is 0 Å². The summed E-state index contributed by atoms with van der Waals surface area (Å²) in [6.45, 7) is 4.14. The number of hydrogen-bond acceptors (Lipinski definition) is 5. The molecule has 4 fully saturated rings. The van der Waals surface area contributed by atoms with Gasteiger partial charge in [0.1, 0.15) is 17.0 Å². The molecular formula is C33H35N3O5. The average molecular weight is 554 g/mol. The van der Waals surface area contributed by atoms with Crippen molar-refractivity contribution in [3.63, 3.8) is 0 Å². The van der Waals surface area contributed by atoms with E-state index in [2.05, 4.69) is 25.1 Å². The van der Waals surface area contributed by atoms with Crippen LogP contribution in [0.3, 0.4) is 0 Å². The van der Waals surface area contributed by atoms with Crippen LogP contribution in [0, 0.1) is 36.0 Å². The summed E-state index contributed by atoms with van der Waals surface area (Å²) in [6.07, 6.45) is 9.32. The van der Waals surface area contributed by atoms with Crippen molar-refractivity contribution in [2.24, 2.45) is 23.7 Å². The first-order valence-electron chi connectivity index (χ1n) is 14.2. The van der Waals surface area contributed by atoms with E-state index < -0.39 is 17.4 Å². The number of hydrogen-bond donors (Lipinski definition) is 2. The Hall–Kier alpha value is -4.25. The van der Waals surface area contributed by atoms with Crippen molar-refractivity contribution in [2.75, 3.05) is 14.2 Å². The quantitative estimate of drug-likeness (QED) is 0.368. The van der Waals surface area contributed by atoms with Gasteiger partial charge in [-0.05, 0) is 97.2 Å². The van der Waals surface area contributed by atoms with Crippen molar-refractivity contribution < 1.29 is 24.2 Å². The molecule has 8 heteroatoms. The van der Waals surface area contributed by atoms with E-state index in [-0.39, 0.29) is 23.4 Å². The fraction of sp³-hybridized carbons (Fsp3) is 0.424. The Bertz CT molecular complexity index is 1560. The van der Waals surface area contributed by atoms with Gasteiger partial charge in [-0.15, -0.1) is 6.42 Å². The number of ether oxygens (including phenoxy) is 2. The number of carbonyl (C=O) groups excluding carboxylic acids is 1. The summed E-state index contributed by atoms with van der Waals surface area (Å²) in [6, 6.07) is 12.9. The minimum Gasteiger partial charge on any atom is -0.496 e. The molecule has 4 aliphatic rings. The molecule has 4 saturated carbocycles. The summed E-state index contributed by atoms with van der Waals surface area (Å²) in [7, 11) is 3.16. The van der Waals surface area contributed by atoms with Gasteiger partial charge in [0.2, 0.25) is 0 Å². The monoisotopic (exact) mass is 553 g/mol. The first-order valence-corrected chi connectivity index (χ1v) is 14.2. The molecule has 212 valence electrons. The maximum Gasteiger partial charge on any atom is 0.330 e. The summed E-state index contributed by atoms with van der Waals surface area (Å²) >= 11 is 0. The third-order valence-electron chi connectivity index (χ3n) is 9.57. The average Bonchev–Trinajstić information content (AvgIpc) is 3.60. The van der Waals surface area contributed by atoms with Gasteiger partial charge in [-0.1, -0.05) is 25.8 Å². The van der Waals surface area contributed by atoms with Crippen molar-refractivity contribution in [1.82, 2.24) is 15.1 Å². The van der Waals surface area contributed by atoms with Gasteiger partial charge in [0.15, 0.2) is 5.69 Å². The molecule has 4 bridgehead atoms. The number of carboxylic acid groups (broad SMARTS) is 1. The van der Waals surface area contributed by atoms with Crippen LogP contribution in [-0.2, 0) is 4.79 Å². The van der Waals surface area contributed by atoms with Gasteiger partial charge < -0.3 is 19.9 Å². The summed E-state index contributed by atoms with van der Waals surface area (Å²) in [4.78, 5) is 26.8. The number of nitrogens with zero attached hydrogens (tertiary/aromatic N) is 2. The molecule has 4 aliphatic carbocycles. The normalized spacial score (nSPS) is 25.8. The van der Waals surface area contributed by atoms with Crippen LogP contribution in [0.1, 0.15) is 67.1 Å². The number of amides is 1. The van der Waals surface area contributed by atoms with Crippen molar-refractivity contribution in [3.8, 4) is 40.8 Å². The van der Waals surface area contributed by atoms with Gasteiger partial charge in [-0.25, -0.2) is 9.48 Å². The second kappa shape index (κ2) is 9.99. The maximum atomic E-state index is 14.0. The molecule has 1 heterocycles. The van der Waals surface area contributed by atoms with Gasteiger partial charge >= 0.3 is 5.97 Å². The lowest BCUT2D eigenvalue weighted by atomic mass is 9.70. The van der Waals surface area contributed by atoms with Crippen molar-refractivity contribution in [2.45, 2.75) is 51.0 Å². The van der Waals surface area contributed by atoms with Crippen LogP contribution < -0.4 is 14.8 Å². The fourth-order valence-corrected chi connectivity index (χ4v) is 7.88. The Kier molecular flexibility index (Phi) is 6.56. The molecule has 0 radical (unpaired) electrons. The summed E-state index contributed by atoms with van der Waals surface area (Å²) < 4.78 is 13.1. The van der Waals surface area contributed by atoms with E-state index in [0.717, 1.165) is 42.5 Å². The highest BCUT2D eigenvalue weighted by Crippen LogP contribution is 2.62. The Morgan fingerprint density at radius 2 is 1.83 bits per heavy atom. The molecule has 2 aromatic carbocycles. The van der Waals surface area contributed by atoms with Crippen LogP contribution in [0.25, 0.3) is 16.9 Å². The number of aromatic nitrogens is 2. The van der Waals surface area contributed by atoms with Gasteiger partial charge in [0.05, 0.1) is 31.2 Å². The largest absolute Gasteiger partial charge is 0.496 e. The summed E-state index contributed by atoms with van der Waals surface area (Å²) in [5, 5.41) is 18.3.